The molecular formula is C13H18N4O3S. The minimum absolute atomic E-state index is 0.0111. The summed E-state index contributed by atoms with van der Waals surface area (Å²) >= 11 is 0. The molecule has 0 unspecified atom stereocenters. The van der Waals surface area contributed by atoms with Crippen LogP contribution >= 0.6 is 0 Å². The van der Waals surface area contributed by atoms with Crippen molar-refractivity contribution >= 4 is 10.0 Å². The molecule has 0 bridgehead atoms. The second-order valence-corrected chi connectivity index (χ2v) is 6.25. The second-order valence-electron chi connectivity index (χ2n) is 4.54. The minimum Gasteiger partial charge on any atom is -0.361 e. The zero-order valence-corrected chi connectivity index (χ0v) is 12.8. The molecule has 0 atom stereocenters. The molecule has 8 heteroatoms. The Balaban J connectivity index is 2.01. The molecule has 0 radical (unpaired) electrons. The van der Waals surface area contributed by atoms with E-state index in [1.807, 2.05) is 6.92 Å². The third-order valence-electron chi connectivity index (χ3n) is 2.77. The molecule has 21 heavy (non-hydrogen) atoms. The number of sulfonamides is 1. The zero-order chi connectivity index (χ0) is 15.3. The molecule has 0 aliphatic carbocycles. The number of nitrogens with one attached hydrogen (secondary N) is 2. The summed E-state index contributed by atoms with van der Waals surface area (Å²) in [7, 11) is -3.65. The maximum absolute atomic E-state index is 12.1. The smallest absolute Gasteiger partial charge is 0.258 e. The van der Waals surface area contributed by atoms with Gasteiger partial charge in [0.25, 0.3) is 10.0 Å². The molecule has 2 heterocycles. The summed E-state index contributed by atoms with van der Waals surface area (Å²) in [5.74, 6) is 0.634. The molecule has 0 spiro atoms. The highest BCUT2D eigenvalue weighted by molar-refractivity contribution is 7.89. The third-order valence-corrected chi connectivity index (χ3v) is 4.09. The number of rotatable bonds is 7. The minimum atomic E-state index is -3.65. The highest BCUT2D eigenvalue weighted by Crippen LogP contribution is 2.08. The zero-order valence-electron chi connectivity index (χ0n) is 12.0. The van der Waals surface area contributed by atoms with Gasteiger partial charge in [-0.05, 0) is 25.1 Å². The molecule has 0 saturated heterocycles. The monoisotopic (exact) mass is 310 g/mol. The molecule has 2 aromatic heterocycles. The summed E-state index contributed by atoms with van der Waals surface area (Å²) in [6, 6.07) is 4.91. The van der Waals surface area contributed by atoms with E-state index in [4.69, 9.17) is 4.52 Å². The van der Waals surface area contributed by atoms with Gasteiger partial charge in [0.1, 0.15) is 5.76 Å². The van der Waals surface area contributed by atoms with Gasteiger partial charge in [-0.2, -0.15) is 0 Å². The molecule has 2 N–H and O–H groups in total. The van der Waals surface area contributed by atoms with E-state index in [0.717, 1.165) is 12.1 Å². The normalized spacial score (nSPS) is 11.7. The lowest BCUT2D eigenvalue weighted by Gasteiger charge is -2.06. The van der Waals surface area contributed by atoms with Crippen LogP contribution in [0.3, 0.4) is 0 Å². The highest BCUT2D eigenvalue weighted by atomic mass is 32.2. The van der Waals surface area contributed by atoms with Crippen LogP contribution in [-0.2, 0) is 23.1 Å². The SMILES string of the molecule is CCNCc1ccc(S(=O)(=O)NCc2cc(C)on2)nc1. The second kappa shape index (κ2) is 6.79. The van der Waals surface area contributed by atoms with Gasteiger partial charge >= 0.3 is 0 Å². The Kier molecular flexibility index (Phi) is 5.05. The standard InChI is InChI=1S/C13H18N4O3S/c1-3-14-7-11-4-5-13(15-8-11)21(18,19)16-9-12-6-10(2)20-17-12/h4-6,8,14,16H,3,7,9H2,1-2H3. The van der Waals surface area contributed by atoms with Crippen molar-refractivity contribution in [3.05, 3.63) is 41.4 Å². The van der Waals surface area contributed by atoms with Crippen LogP contribution in [-0.4, -0.2) is 25.1 Å². The molecule has 0 amide bonds. The molecule has 0 aliphatic rings. The van der Waals surface area contributed by atoms with Crippen molar-refractivity contribution in [2.75, 3.05) is 6.54 Å². The number of hydrogen-bond acceptors (Lipinski definition) is 6. The highest BCUT2D eigenvalue weighted by Gasteiger charge is 2.16. The van der Waals surface area contributed by atoms with Gasteiger partial charge in [-0.25, -0.2) is 18.1 Å². The summed E-state index contributed by atoms with van der Waals surface area (Å²) < 4.78 is 31.5. The number of aromatic nitrogens is 2. The van der Waals surface area contributed by atoms with Gasteiger partial charge in [0.2, 0.25) is 0 Å². The van der Waals surface area contributed by atoms with Crippen LogP contribution in [0.1, 0.15) is 23.9 Å². The Hall–Kier alpha value is -1.77. The first kappa shape index (κ1) is 15.6. The fourth-order valence-corrected chi connectivity index (χ4v) is 2.61. The van der Waals surface area contributed by atoms with Crippen molar-refractivity contribution in [3.63, 3.8) is 0 Å². The maximum Gasteiger partial charge on any atom is 0.258 e. The van der Waals surface area contributed by atoms with Gasteiger partial charge in [-0.15, -0.1) is 0 Å². The van der Waals surface area contributed by atoms with Crippen molar-refractivity contribution in [2.45, 2.75) is 32.0 Å². The van der Waals surface area contributed by atoms with E-state index >= 15 is 0 Å². The molecule has 0 saturated carbocycles. The van der Waals surface area contributed by atoms with Gasteiger partial charge in [-0.3, -0.25) is 0 Å². The first-order chi connectivity index (χ1) is 10.0. The molecule has 0 aliphatic heterocycles. The Labute approximate surface area is 123 Å². The van der Waals surface area contributed by atoms with Crippen LogP contribution in [0.15, 0.2) is 33.9 Å². The first-order valence-electron chi connectivity index (χ1n) is 6.59. The largest absolute Gasteiger partial charge is 0.361 e. The van der Waals surface area contributed by atoms with Crippen LogP contribution in [0.5, 0.6) is 0 Å². The summed E-state index contributed by atoms with van der Waals surface area (Å²) in [6.45, 7) is 5.33. The molecule has 2 rings (SSSR count). The van der Waals surface area contributed by atoms with Gasteiger partial charge in [0.15, 0.2) is 5.03 Å². The van der Waals surface area contributed by atoms with Crippen molar-refractivity contribution in [1.29, 1.82) is 0 Å². The fourth-order valence-electron chi connectivity index (χ4n) is 1.69. The average Bonchev–Trinajstić information content (AvgIpc) is 2.89. The van der Waals surface area contributed by atoms with Gasteiger partial charge < -0.3 is 9.84 Å². The lowest BCUT2D eigenvalue weighted by Crippen LogP contribution is -2.24. The van der Waals surface area contributed by atoms with Gasteiger partial charge in [0.05, 0.1) is 12.2 Å². The third kappa shape index (κ3) is 4.35. The topological polar surface area (TPSA) is 97.1 Å². The van der Waals surface area contributed by atoms with E-state index < -0.39 is 10.0 Å². The van der Waals surface area contributed by atoms with Crippen LogP contribution in [0.25, 0.3) is 0 Å². The quantitative estimate of drug-likeness (QED) is 0.791. The van der Waals surface area contributed by atoms with Crippen LogP contribution in [0.4, 0.5) is 0 Å². The van der Waals surface area contributed by atoms with Gasteiger partial charge in [0, 0.05) is 18.8 Å². The fraction of sp³-hybridized carbons (Fsp3) is 0.385. The molecule has 7 nitrogen and oxygen atoms in total. The number of pyridine rings is 1. The Bertz CT molecular complexity index is 680. The van der Waals surface area contributed by atoms with E-state index in [-0.39, 0.29) is 11.6 Å². The molecule has 0 fully saturated rings. The molecule has 2 aromatic rings. The number of hydrogen-bond donors (Lipinski definition) is 2. The Morgan fingerprint density at radius 1 is 1.29 bits per heavy atom. The number of nitrogens with zero attached hydrogens (tertiary/aromatic N) is 2. The van der Waals surface area contributed by atoms with Crippen LogP contribution in [0.2, 0.25) is 0 Å². The lowest BCUT2D eigenvalue weighted by atomic mass is 10.3. The summed E-state index contributed by atoms with van der Waals surface area (Å²) in [5.41, 5.74) is 1.46. The van der Waals surface area contributed by atoms with E-state index in [9.17, 15) is 8.42 Å². The molecule has 114 valence electrons. The predicted molar refractivity (Wildman–Crippen MR) is 76.9 cm³/mol. The summed E-state index contributed by atoms with van der Waals surface area (Å²) in [4.78, 5) is 3.99. The molecule has 0 aromatic carbocycles. The van der Waals surface area contributed by atoms with E-state index in [1.54, 1.807) is 25.3 Å². The van der Waals surface area contributed by atoms with Crippen LogP contribution < -0.4 is 10.0 Å². The predicted octanol–water partition coefficient (Wildman–Crippen LogP) is 0.966. The molecular weight excluding hydrogens is 292 g/mol. The van der Waals surface area contributed by atoms with Crippen molar-refractivity contribution in [3.8, 4) is 0 Å². The summed E-state index contributed by atoms with van der Waals surface area (Å²) in [6.07, 6.45) is 1.55. The van der Waals surface area contributed by atoms with Crippen molar-refractivity contribution in [1.82, 2.24) is 20.2 Å². The Morgan fingerprint density at radius 3 is 2.67 bits per heavy atom. The maximum atomic E-state index is 12.1. The Morgan fingerprint density at radius 2 is 2.10 bits per heavy atom. The van der Waals surface area contributed by atoms with Crippen molar-refractivity contribution in [2.24, 2.45) is 0 Å². The van der Waals surface area contributed by atoms with Crippen molar-refractivity contribution < 1.29 is 12.9 Å². The van der Waals surface area contributed by atoms with E-state index in [1.165, 1.54) is 6.07 Å². The average molecular weight is 310 g/mol. The number of aryl methyl sites for hydroxylation is 1. The lowest BCUT2D eigenvalue weighted by molar-refractivity contribution is 0.390. The van der Waals surface area contributed by atoms with Gasteiger partial charge in [-0.1, -0.05) is 18.1 Å². The van der Waals surface area contributed by atoms with E-state index in [0.29, 0.717) is 18.0 Å². The first-order valence-corrected chi connectivity index (χ1v) is 8.07. The summed E-state index contributed by atoms with van der Waals surface area (Å²) in [5, 5.41) is 6.87. The van der Waals surface area contributed by atoms with Crippen LogP contribution in [0, 0.1) is 6.92 Å². The van der Waals surface area contributed by atoms with E-state index in [2.05, 4.69) is 20.2 Å².